The molecule has 3 nitrogen and oxygen atoms in total. The average Bonchev–Trinajstić information content (AvgIpc) is 3.27. The van der Waals surface area contributed by atoms with Crippen molar-refractivity contribution >= 4 is 29.9 Å². The molecular weight excluding hydrogens is 385 g/mol. The van der Waals surface area contributed by atoms with E-state index in [1.165, 1.54) is 31.2 Å². The van der Waals surface area contributed by atoms with Crippen LogP contribution in [0.1, 0.15) is 38.2 Å². The summed E-state index contributed by atoms with van der Waals surface area (Å²) < 4.78 is 0. The molecule has 0 aromatic heterocycles. The molecule has 0 unspecified atom stereocenters. The molecule has 4 heteroatoms. The Morgan fingerprint density at radius 1 is 1.23 bits per heavy atom. The summed E-state index contributed by atoms with van der Waals surface area (Å²) in [5, 5.41) is 0. The molecule has 1 aliphatic heterocycles. The smallest absolute Gasteiger partial charge is 0.191 e. The van der Waals surface area contributed by atoms with Gasteiger partial charge in [-0.15, -0.1) is 24.0 Å². The number of rotatable bonds is 4. The Morgan fingerprint density at radius 2 is 1.86 bits per heavy atom. The summed E-state index contributed by atoms with van der Waals surface area (Å²) in [5.41, 5.74) is 8.01. The van der Waals surface area contributed by atoms with Crippen molar-refractivity contribution in [1.82, 2.24) is 4.90 Å². The van der Waals surface area contributed by atoms with Crippen LogP contribution in [-0.4, -0.2) is 30.5 Å². The molecule has 0 spiro atoms. The first-order valence-electron chi connectivity index (χ1n) is 8.26. The van der Waals surface area contributed by atoms with Crippen LogP contribution in [0.4, 0.5) is 0 Å². The number of piperidine rings is 1. The van der Waals surface area contributed by atoms with Gasteiger partial charge in [-0.2, -0.15) is 0 Å². The van der Waals surface area contributed by atoms with Gasteiger partial charge in [0.1, 0.15) is 0 Å². The minimum absolute atomic E-state index is 0. The van der Waals surface area contributed by atoms with Crippen LogP contribution in [0.25, 0.3) is 0 Å². The van der Waals surface area contributed by atoms with Gasteiger partial charge in [0.05, 0.1) is 0 Å². The van der Waals surface area contributed by atoms with Crippen molar-refractivity contribution in [2.75, 3.05) is 19.6 Å². The fourth-order valence-electron chi connectivity index (χ4n) is 3.18. The number of benzene rings is 1. The summed E-state index contributed by atoms with van der Waals surface area (Å²) >= 11 is 0. The number of likely N-dealkylation sites (tertiary alicyclic amines) is 1. The molecule has 2 aliphatic rings. The van der Waals surface area contributed by atoms with E-state index in [0.29, 0.717) is 5.41 Å². The topological polar surface area (TPSA) is 41.6 Å². The monoisotopic (exact) mass is 413 g/mol. The van der Waals surface area contributed by atoms with E-state index in [2.05, 4.69) is 42.2 Å². The lowest BCUT2D eigenvalue weighted by Gasteiger charge is -2.31. The Hall–Kier alpha value is -0.780. The molecular formula is C18H28IN3. The molecule has 0 bridgehead atoms. The standard InChI is InChI=1S/C18H27N3.HI/c1-15-7-11-21(12-8-15)17(19)20-14-18(9-10-18)13-16-5-3-2-4-6-16;/h2-6,15H,7-14H2,1H3,(H2,19,20);1H. The predicted molar refractivity (Wildman–Crippen MR) is 104 cm³/mol. The van der Waals surface area contributed by atoms with Gasteiger partial charge >= 0.3 is 0 Å². The van der Waals surface area contributed by atoms with Crippen LogP contribution in [-0.2, 0) is 6.42 Å². The summed E-state index contributed by atoms with van der Waals surface area (Å²) in [7, 11) is 0. The second kappa shape index (κ2) is 7.66. The van der Waals surface area contributed by atoms with E-state index in [9.17, 15) is 0 Å². The highest BCUT2D eigenvalue weighted by molar-refractivity contribution is 14.0. The third-order valence-electron chi connectivity index (χ3n) is 5.06. The van der Waals surface area contributed by atoms with Crippen molar-refractivity contribution in [1.29, 1.82) is 0 Å². The Kier molecular flexibility index (Phi) is 6.12. The summed E-state index contributed by atoms with van der Waals surface area (Å²) in [6.45, 7) is 5.36. The zero-order chi connectivity index (χ0) is 14.7. The predicted octanol–water partition coefficient (Wildman–Crippen LogP) is 3.67. The lowest BCUT2D eigenvalue weighted by Crippen LogP contribution is -2.42. The van der Waals surface area contributed by atoms with Gasteiger partial charge in [0, 0.05) is 19.6 Å². The van der Waals surface area contributed by atoms with E-state index in [-0.39, 0.29) is 24.0 Å². The average molecular weight is 413 g/mol. The molecule has 2 N–H and O–H groups in total. The molecule has 3 rings (SSSR count). The first-order chi connectivity index (χ1) is 10.2. The minimum Gasteiger partial charge on any atom is -0.370 e. The lowest BCUT2D eigenvalue weighted by atomic mass is 9.97. The van der Waals surface area contributed by atoms with Crippen molar-refractivity contribution in [3.63, 3.8) is 0 Å². The molecule has 0 radical (unpaired) electrons. The van der Waals surface area contributed by atoms with E-state index < -0.39 is 0 Å². The largest absolute Gasteiger partial charge is 0.370 e. The summed E-state index contributed by atoms with van der Waals surface area (Å²) in [4.78, 5) is 6.99. The lowest BCUT2D eigenvalue weighted by molar-refractivity contribution is 0.277. The highest BCUT2D eigenvalue weighted by Gasteiger charge is 2.42. The van der Waals surface area contributed by atoms with E-state index in [4.69, 9.17) is 10.7 Å². The van der Waals surface area contributed by atoms with Crippen LogP contribution >= 0.6 is 24.0 Å². The van der Waals surface area contributed by atoms with Gasteiger partial charge in [-0.1, -0.05) is 37.3 Å². The Labute approximate surface area is 151 Å². The molecule has 2 fully saturated rings. The van der Waals surface area contributed by atoms with Gasteiger partial charge in [-0.3, -0.25) is 4.99 Å². The number of hydrogen-bond acceptors (Lipinski definition) is 1. The van der Waals surface area contributed by atoms with Crippen molar-refractivity contribution < 1.29 is 0 Å². The highest BCUT2D eigenvalue weighted by Crippen LogP contribution is 2.48. The van der Waals surface area contributed by atoms with Gasteiger partial charge in [0.2, 0.25) is 0 Å². The van der Waals surface area contributed by atoms with Gasteiger partial charge in [-0.25, -0.2) is 0 Å². The normalized spacial score (nSPS) is 21.3. The van der Waals surface area contributed by atoms with E-state index in [1.807, 2.05) is 0 Å². The van der Waals surface area contributed by atoms with Crippen molar-refractivity contribution in [2.24, 2.45) is 22.1 Å². The summed E-state index contributed by atoms with van der Waals surface area (Å²) in [6, 6.07) is 10.8. The number of nitrogens with zero attached hydrogens (tertiary/aromatic N) is 2. The van der Waals surface area contributed by atoms with Crippen LogP contribution in [0.5, 0.6) is 0 Å². The maximum Gasteiger partial charge on any atom is 0.191 e. The zero-order valence-corrected chi connectivity index (χ0v) is 15.8. The second-order valence-corrected chi connectivity index (χ2v) is 7.01. The summed E-state index contributed by atoms with van der Waals surface area (Å²) in [6.07, 6.45) is 6.20. The second-order valence-electron chi connectivity index (χ2n) is 7.01. The van der Waals surface area contributed by atoms with Crippen LogP contribution in [0, 0.1) is 11.3 Å². The third-order valence-corrected chi connectivity index (χ3v) is 5.06. The number of halogens is 1. The molecule has 22 heavy (non-hydrogen) atoms. The third kappa shape index (κ3) is 4.61. The minimum atomic E-state index is 0. The SMILES string of the molecule is CC1CCN(C(N)=NCC2(Cc3ccccc3)CC2)CC1.I. The molecule has 1 heterocycles. The van der Waals surface area contributed by atoms with Crippen molar-refractivity contribution in [2.45, 2.75) is 39.0 Å². The maximum absolute atomic E-state index is 6.20. The van der Waals surface area contributed by atoms with Gasteiger partial charge in [-0.05, 0) is 49.0 Å². The van der Waals surface area contributed by atoms with Crippen molar-refractivity contribution in [3.05, 3.63) is 35.9 Å². The first kappa shape index (κ1) is 17.6. The Morgan fingerprint density at radius 3 is 2.45 bits per heavy atom. The molecule has 122 valence electrons. The highest BCUT2D eigenvalue weighted by atomic mass is 127. The van der Waals surface area contributed by atoms with Crippen LogP contribution in [0.15, 0.2) is 35.3 Å². The molecule has 1 saturated carbocycles. The molecule has 1 aromatic rings. The summed E-state index contributed by atoms with van der Waals surface area (Å²) in [5.74, 6) is 1.60. The first-order valence-corrected chi connectivity index (χ1v) is 8.26. The molecule has 1 aliphatic carbocycles. The number of guanidine groups is 1. The van der Waals surface area contributed by atoms with E-state index in [1.54, 1.807) is 0 Å². The number of hydrogen-bond donors (Lipinski definition) is 1. The van der Waals surface area contributed by atoms with E-state index in [0.717, 1.165) is 37.9 Å². The maximum atomic E-state index is 6.20. The molecule has 0 amide bonds. The van der Waals surface area contributed by atoms with Gasteiger partial charge in [0.15, 0.2) is 5.96 Å². The molecule has 1 saturated heterocycles. The Balaban J connectivity index is 0.00000176. The van der Waals surface area contributed by atoms with Crippen molar-refractivity contribution in [3.8, 4) is 0 Å². The number of nitrogens with two attached hydrogens (primary N) is 1. The van der Waals surface area contributed by atoms with Crippen LogP contribution in [0.3, 0.4) is 0 Å². The molecule has 0 atom stereocenters. The van der Waals surface area contributed by atoms with Gasteiger partial charge < -0.3 is 10.6 Å². The zero-order valence-electron chi connectivity index (χ0n) is 13.5. The quantitative estimate of drug-likeness (QED) is 0.465. The number of aliphatic imine (C=N–C) groups is 1. The fraction of sp³-hybridized carbons (Fsp3) is 0.611. The Bertz CT molecular complexity index is 488. The van der Waals surface area contributed by atoms with E-state index >= 15 is 0 Å². The van der Waals surface area contributed by atoms with Crippen LogP contribution < -0.4 is 5.73 Å². The van der Waals surface area contributed by atoms with Gasteiger partial charge in [0.25, 0.3) is 0 Å². The fourth-order valence-corrected chi connectivity index (χ4v) is 3.18. The molecule has 1 aromatic carbocycles. The van der Waals surface area contributed by atoms with Crippen LogP contribution in [0.2, 0.25) is 0 Å².